The van der Waals surface area contributed by atoms with Gasteiger partial charge in [0.1, 0.15) is 5.82 Å². The van der Waals surface area contributed by atoms with E-state index in [2.05, 4.69) is 55.8 Å². The van der Waals surface area contributed by atoms with Crippen LogP contribution < -0.4 is 0 Å². The fraction of sp³-hybridized carbons (Fsp3) is 0.708. The summed E-state index contributed by atoms with van der Waals surface area (Å²) in [5.41, 5.74) is 0.0883. The first kappa shape index (κ1) is 21.0. The van der Waals surface area contributed by atoms with Gasteiger partial charge in [0.2, 0.25) is 0 Å². The van der Waals surface area contributed by atoms with Crippen LogP contribution in [0.15, 0.2) is 36.7 Å². The smallest absolute Gasteiger partial charge is 0.119 e. The molecular weight excluding hydrogens is 316 g/mol. The van der Waals surface area contributed by atoms with Gasteiger partial charge in [0.15, 0.2) is 0 Å². The molecule has 2 unspecified atom stereocenters. The molecule has 146 valence electrons. The van der Waals surface area contributed by atoms with E-state index in [1.54, 1.807) is 0 Å². The molecule has 0 aromatic carbocycles. The summed E-state index contributed by atoms with van der Waals surface area (Å²) in [5, 5.41) is 0. The van der Waals surface area contributed by atoms with Gasteiger partial charge in [-0.3, -0.25) is 0 Å². The van der Waals surface area contributed by atoms with Crippen molar-refractivity contribution in [2.75, 3.05) is 0 Å². The number of hydrogen-bond donors (Lipinski definition) is 0. The molecule has 0 amide bonds. The third-order valence-corrected chi connectivity index (χ3v) is 6.09. The molecule has 2 nitrogen and oxygen atoms in total. The lowest BCUT2D eigenvalue weighted by atomic mass is 9.78. The molecule has 0 bridgehead atoms. The van der Waals surface area contributed by atoms with Gasteiger partial charge < -0.3 is 4.57 Å². The zero-order valence-electron chi connectivity index (χ0n) is 17.4. The van der Waals surface area contributed by atoms with Crippen LogP contribution in [0.3, 0.4) is 0 Å². The normalized spacial score (nSPS) is 20.6. The van der Waals surface area contributed by atoms with E-state index in [0.29, 0.717) is 6.04 Å². The van der Waals surface area contributed by atoms with Crippen LogP contribution >= 0.6 is 0 Å². The number of unbranched alkanes of at least 4 members (excludes halogenated alkanes) is 8. The molecule has 0 aliphatic heterocycles. The van der Waals surface area contributed by atoms with E-state index in [4.69, 9.17) is 4.98 Å². The van der Waals surface area contributed by atoms with Crippen LogP contribution in [0.5, 0.6) is 0 Å². The van der Waals surface area contributed by atoms with E-state index < -0.39 is 0 Å². The first-order valence-corrected chi connectivity index (χ1v) is 11.1. The van der Waals surface area contributed by atoms with Crippen molar-refractivity contribution in [3.05, 3.63) is 42.5 Å². The van der Waals surface area contributed by atoms with E-state index >= 15 is 0 Å². The molecule has 0 saturated carbocycles. The summed E-state index contributed by atoms with van der Waals surface area (Å²) in [6.45, 7) is 6.94. The number of imidazole rings is 1. The predicted molar refractivity (Wildman–Crippen MR) is 114 cm³/mol. The second-order valence-electron chi connectivity index (χ2n) is 8.13. The Hall–Kier alpha value is -1.31. The maximum atomic E-state index is 4.77. The Morgan fingerprint density at radius 1 is 1.00 bits per heavy atom. The summed E-state index contributed by atoms with van der Waals surface area (Å²) in [6.07, 6.45) is 29.2. The highest BCUT2D eigenvalue weighted by Crippen LogP contribution is 2.36. The van der Waals surface area contributed by atoms with Crippen molar-refractivity contribution in [3.8, 4) is 0 Å². The summed E-state index contributed by atoms with van der Waals surface area (Å²) in [5.74, 6) is 1.25. The van der Waals surface area contributed by atoms with Gasteiger partial charge >= 0.3 is 0 Å². The molecule has 0 radical (unpaired) electrons. The number of allylic oxidation sites excluding steroid dienone is 4. The summed E-state index contributed by atoms with van der Waals surface area (Å²) < 4.78 is 2.44. The second-order valence-corrected chi connectivity index (χ2v) is 8.13. The summed E-state index contributed by atoms with van der Waals surface area (Å²) in [4.78, 5) is 4.77. The van der Waals surface area contributed by atoms with Crippen LogP contribution in [0.25, 0.3) is 0 Å². The maximum absolute atomic E-state index is 4.77. The van der Waals surface area contributed by atoms with E-state index in [1.807, 2.05) is 6.20 Å². The van der Waals surface area contributed by atoms with Crippen molar-refractivity contribution in [3.63, 3.8) is 0 Å². The topological polar surface area (TPSA) is 17.8 Å². The van der Waals surface area contributed by atoms with Crippen molar-refractivity contribution in [1.82, 2.24) is 9.55 Å². The average molecular weight is 357 g/mol. The number of aromatic nitrogens is 2. The van der Waals surface area contributed by atoms with Crippen molar-refractivity contribution >= 4 is 0 Å². The Bertz CT molecular complexity index is 554. The SMILES string of the molecule is CCCCCCCCCCCC(C)n1ccnc1C1(CC)C=CC=CC1. The lowest BCUT2D eigenvalue weighted by molar-refractivity contribution is 0.401. The maximum Gasteiger partial charge on any atom is 0.119 e. The van der Waals surface area contributed by atoms with E-state index in [-0.39, 0.29) is 5.41 Å². The van der Waals surface area contributed by atoms with E-state index in [1.165, 1.54) is 70.0 Å². The zero-order chi connectivity index (χ0) is 18.7. The first-order valence-electron chi connectivity index (χ1n) is 11.1. The minimum Gasteiger partial charge on any atom is -0.331 e. The van der Waals surface area contributed by atoms with Crippen LogP contribution in [0.1, 0.15) is 110 Å². The summed E-state index contributed by atoms with van der Waals surface area (Å²) in [7, 11) is 0. The minimum atomic E-state index is 0.0883. The Morgan fingerprint density at radius 3 is 2.31 bits per heavy atom. The first-order chi connectivity index (χ1) is 12.7. The van der Waals surface area contributed by atoms with Crippen molar-refractivity contribution in [1.29, 1.82) is 0 Å². The molecule has 1 heterocycles. The molecule has 1 aliphatic rings. The van der Waals surface area contributed by atoms with Gasteiger partial charge in [-0.1, -0.05) is 95.9 Å². The Kier molecular flexibility index (Phi) is 9.22. The lowest BCUT2D eigenvalue weighted by Gasteiger charge is -2.31. The van der Waals surface area contributed by atoms with Gasteiger partial charge in [-0.05, 0) is 26.2 Å². The molecule has 1 aromatic rings. The van der Waals surface area contributed by atoms with Crippen LogP contribution in [0.2, 0.25) is 0 Å². The molecule has 0 spiro atoms. The average Bonchev–Trinajstić information content (AvgIpc) is 3.17. The fourth-order valence-corrected chi connectivity index (χ4v) is 4.19. The van der Waals surface area contributed by atoms with Crippen LogP contribution in [-0.2, 0) is 5.41 Å². The summed E-state index contributed by atoms with van der Waals surface area (Å²) >= 11 is 0. The highest BCUT2D eigenvalue weighted by atomic mass is 15.1. The third-order valence-electron chi connectivity index (χ3n) is 6.09. The Labute approximate surface area is 161 Å². The molecule has 2 heteroatoms. The van der Waals surface area contributed by atoms with Gasteiger partial charge in [0.25, 0.3) is 0 Å². The number of hydrogen-bond acceptors (Lipinski definition) is 1. The largest absolute Gasteiger partial charge is 0.331 e. The molecule has 0 N–H and O–H groups in total. The molecule has 2 atom stereocenters. The van der Waals surface area contributed by atoms with Gasteiger partial charge in [-0.2, -0.15) is 0 Å². The number of nitrogens with zero attached hydrogens (tertiary/aromatic N) is 2. The fourth-order valence-electron chi connectivity index (χ4n) is 4.19. The number of rotatable bonds is 13. The molecule has 0 saturated heterocycles. The molecule has 0 fully saturated rings. The van der Waals surface area contributed by atoms with Crippen LogP contribution in [-0.4, -0.2) is 9.55 Å². The van der Waals surface area contributed by atoms with Crippen LogP contribution in [0.4, 0.5) is 0 Å². The highest BCUT2D eigenvalue weighted by Gasteiger charge is 2.32. The third kappa shape index (κ3) is 5.86. The molecule has 26 heavy (non-hydrogen) atoms. The van der Waals surface area contributed by atoms with Crippen molar-refractivity contribution in [2.45, 2.75) is 109 Å². The quantitative estimate of drug-likeness (QED) is 0.334. The van der Waals surface area contributed by atoms with Gasteiger partial charge in [0.05, 0.1) is 0 Å². The van der Waals surface area contributed by atoms with E-state index in [0.717, 1.165) is 12.8 Å². The zero-order valence-corrected chi connectivity index (χ0v) is 17.4. The minimum absolute atomic E-state index is 0.0883. The lowest BCUT2D eigenvalue weighted by Crippen LogP contribution is -2.28. The van der Waals surface area contributed by atoms with Crippen molar-refractivity contribution < 1.29 is 0 Å². The Balaban J connectivity index is 1.75. The van der Waals surface area contributed by atoms with Crippen LogP contribution in [0, 0.1) is 0 Å². The molecule has 1 aliphatic carbocycles. The van der Waals surface area contributed by atoms with Crippen molar-refractivity contribution in [2.24, 2.45) is 0 Å². The highest BCUT2D eigenvalue weighted by molar-refractivity contribution is 5.28. The van der Waals surface area contributed by atoms with Gasteiger partial charge in [-0.25, -0.2) is 4.98 Å². The van der Waals surface area contributed by atoms with E-state index in [9.17, 15) is 0 Å². The standard InChI is InChI=1S/C24H40N2/c1-4-6-7-8-9-10-11-12-14-17-22(3)26-21-20-25-23(26)24(5-2)18-15-13-16-19-24/h13,15-16,18,20-22H,4-12,14,17,19H2,1-3H3. The van der Waals surface area contributed by atoms with Gasteiger partial charge in [0, 0.05) is 23.9 Å². The monoisotopic (exact) mass is 356 g/mol. The Morgan fingerprint density at radius 2 is 1.69 bits per heavy atom. The molecular formula is C24H40N2. The second kappa shape index (κ2) is 11.4. The summed E-state index contributed by atoms with van der Waals surface area (Å²) in [6, 6.07) is 0.541. The molecule has 1 aromatic heterocycles. The van der Waals surface area contributed by atoms with Gasteiger partial charge in [-0.15, -0.1) is 0 Å². The predicted octanol–water partition coefficient (Wildman–Crippen LogP) is 7.53. The molecule has 2 rings (SSSR count).